The van der Waals surface area contributed by atoms with Gasteiger partial charge in [-0.15, -0.1) is 0 Å². The second kappa shape index (κ2) is 12.0. The number of nitrogens with zero attached hydrogens (tertiary/aromatic N) is 7. The number of rotatable bonds is 6. The number of nitrogens with one attached hydrogen (secondary N) is 1. The molecule has 3 aromatic heterocycles. The predicted octanol–water partition coefficient (Wildman–Crippen LogP) is 5.25. The van der Waals surface area contributed by atoms with Gasteiger partial charge in [0.15, 0.2) is 0 Å². The van der Waals surface area contributed by atoms with Gasteiger partial charge in [0, 0.05) is 47.9 Å². The molecule has 41 heavy (non-hydrogen) atoms. The first kappa shape index (κ1) is 28.9. The minimum absolute atomic E-state index is 0.00985. The zero-order chi connectivity index (χ0) is 29.7. The lowest BCUT2D eigenvalue weighted by Crippen LogP contribution is -2.25. The Kier molecular flexibility index (Phi) is 8.47. The SMILES string of the molecule is N#CC[C@@H]([C@H]1CCN(c2cccc(C(F)F)c2C#N)C1)n1cc(-c2ncnc3[nH]ccc23)cn1.O=C(O)C(F)(F)F. The number of fused-ring (bicyclic) bond motifs is 1. The van der Waals surface area contributed by atoms with Crippen LogP contribution >= 0.6 is 0 Å². The number of H-pyrrole nitrogens is 1. The van der Waals surface area contributed by atoms with Crippen molar-refractivity contribution in [2.45, 2.75) is 31.5 Å². The fraction of sp³-hybridized carbons (Fsp3) is 0.308. The number of nitriles is 2. The number of carboxylic acids is 1. The standard InChI is InChI=1S/C24H20F2N8.C2HF3O2/c25-23(26)17-2-1-3-21(19(17)10-28)33-9-6-15(12-33)20(4-7-27)34-13-16(11-32-34)22-18-5-8-29-24(18)31-14-30-22;3-2(4,5)1(6)7/h1-3,5,8,11,13-15,20,23H,4,6,9,12H2,(H,29,30,31);(H,6,7)/t15-,20-;/m0./s1. The smallest absolute Gasteiger partial charge is 0.475 e. The Morgan fingerprint density at radius 3 is 2.63 bits per heavy atom. The van der Waals surface area contributed by atoms with Gasteiger partial charge in [-0.25, -0.2) is 23.5 Å². The van der Waals surface area contributed by atoms with E-state index < -0.39 is 18.6 Å². The van der Waals surface area contributed by atoms with E-state index >= 15 is 0 Å². The van der Waals surface area contributed by atoms with Crippen LogP contribution in [0.4, 0.5) is 27.6 Å². The molecular weight excluding hydrogens is 551 g/mol. The van der Waals surface area contributed by atoms with Crippen molar-refractivity contribution in [1.82, 2.24) is 24.7 Å². The first-order chi connectivity index (χ1) is 19.5. The van der Waals surface area contributed by atoms with Crippen molar-refractivity contribution in [3.05, 3.63) is 60.3 Å². The van der Waals surface area contributed by atoms with Crippen molar-refractivity contribution in [3.63, 3.8) is 0 Å². The first-order valence-corrected chi connectivity index (χ1v) is 12.1. The van der Waals surface area contributed by atoms with Crippen molar-refractivity contribution in [2.24, 2.45) is 5.92 Å². The number of aromatic amines is 1. The molecule has 0 radical (unpaired) electrons. The van der Waals surface area contributed by atoms with Crippen molar-refractivity contribution in [1.29, 1.82) is 10.5 Å². The Labute approximate surface area is 229 Å². The molecule has 4 aromatic rings. The van der Waals surface area contributed by atoms with E-state index in [-0.39, 0.29) is 29.5 Å². The lowest BCUT2D eigenvalue weighted by atomic mass is 9.96. The summed E-state index contributed by atoms with van der Waals surface area (Å²) >= 11 is 0. The topological polar surface area (TPSA) is 148 Å². The Hall–Kier alpha value is -5.05. The van der Waals surface area contributed by atoms with Gasteiger partial charge in [-0.05, 0) is 18.6 Å². The molecule has 212 valence electrons. The van der Waals surface area contributed by atoms with E-state index in [0.29, 0.717) is 18.8 Å². The molecule has 0 spiro atoms. The molecule has 2 N–H and O–H groups in total. The molecule has 0 aliphatic carbocycles. The number of aliphatic carboxylic acids is 1. The van der Waals surface area contributed by atoms with Crippen LogP contribution in [0.3, 0.4) is 0 Å². The van der Waals surface area contributed by atoms with Crippen molar-refractivity contribution >= 4 is 22.7 Å². The van der Waals surface area contributed by atoms with E-state index in [1.54, 1.807) is 29.2 Å². The van der Waals surface area contributed by atoms with Crippen LogP contribution in [0.2, 0.25) is 0 Å². The first-order valence-electron chi connectivity index (χ1n) is 12.1. The second-order valence-electron chi connectivity index (χ2n) is 9.05. The summed E-state index contributed by atoms with van der Waals surface area (Å²) < 4.78 is 60.3. The molecule has 0 amide bonds. The Morgan fingerprint density at radius 1 is 1.22 bits per heavy atom. The van der Waals surface area contributed by atoms with Crippen LogP contribution in [0.5, 0.6) is 0 Å². The highest BCUT2D eigenvalue weighted by molar-refractivity contribution is 5.90. The third-order valence-electron chi connectivity index (χ3n) is 6.64. The Balaban J connectivity index is 0.000000493. The predicted molar refractivity (Wildman–Crippen MR) is 135 cm³/mol. The van der Waals surface area contributed by atoms with Gasteiger partial charge in [0.25, 0.3) is 6.43 Å². The highest BCUT2D eigenvalue weighted by atomic mass is 19.4. The molecule has 0 unspecified atom stereocenters. The van der Waals surface area contributed by atoms with Crippen LogP contribution in [-0.2, 0) is 4.79 Å². The number of alkyl halides is 5. The highest BCUT2D eigenvalue weighted by Gasteiger charge is 2.38. The molecule has 1 fully saturated rings. The molecule has 15 heteroatoms. The van der Waals surface area contributed by atoms with E-state index in [0.717, 1.165) is 28.7 Å². The summed E-state index contributed by atoms with van der Waals surface area (Å²) in [6.07, 6.45) is 0.121. The van der Waals surface area contributed by atoms with Crippen LogP contribution in [-0.4, -0.2) is 55.1 Å². The summed E-state index contributed by atoms with van der Waals surface area (Å²) in [6, 6.07) is 10.5. The number of carbonyl (C=O) groups is 1. The number of carboxylic acid groups (broad SMARTS) is 1. The van der Waals surface area contributed by atoms with Crippen molar-refractivity contribution in [3.8, 4) is 23.4 Å². The van der Waals surface area contributed by atoms with Crippen LogP contribution in [0.15, 0.2) is 49.2 Å². The average molecular weight is 572 g/mol. The maximum Gasteiger partial charge on any atom is 0.490 e. The molecule has 0 saturated carbocycles. The molecule has 1 aliphatic heterocycles. The summed E-state index contributed by atoms with van der Waals surface area (Å²) in [4.78, 5) is 22.5. The number of anilines is 1. The quantitative estimate of drug-likeness (QED) is 0.298. The lowest BCUT2D eigenvalue weighted by molar-refractivity contribution is -0.192. The summed E-state index contributed by atoms with van der Waals surface area (Å²) in [5.74, 6) is -2.70. The largest absolute Gasteiger partial charge is 0.490 e. The van der Waals surface area contributed by atoms with Gasteiger partial charge in [0.1, 0.15) is 18.0 Å². The number of hydrogen-bond donors (Lipinski definition) is 2. The van der Waals surface area contributed by atoms with E-state index in [1.165, 1.54) is 12.4 Å². The molecule has 2 atom stereocenters. The van der Waals surface area contributed by atoms with Gasteiger partial charge >= 0.3 is 12.1 Å². The lowest BCUT2D eigenvalue weighted by Gasteiger charge is -2.24. The number of hydrogen-bond acceptors (Lipinski definition) is 7. The zero-order valence-corrected chi connectivity index (χ0v) is 21.1. The minimum atomic E-state index is -5.08. The maximum absolute atomic E-state index is 13.4. The third kappa shape index (κ3) is 6.24. The molecule has 10 nitrogen and oxygen atoms in total. The number of halogens is 5. The van der Waals surface area contributed by atoms with Gasteiger partial charge in [0.2, 0.25) is 0 Å². The Bertz CT molecular complexity index is 1620. The van der Waals surface area contributed by atoms with Crippen molar-refractivity contribution in [2.75, 3.05) is 18.0 Å². The molecule has 1 aliphatic rings. The van der Waals surface area contributed by atoms with E-state index in [1.807, 2.05) is 23.2 Å². The van der Waals surface area contributed by atoms with Gasteiger partial charge in [0.05, 0.1) is 41.7 Å². The van der Waals surface area contributed by atoms with Gasteiger partial charge < -0.3 is 15.0 Å². The average Bonchev–Trinajstić information content (AvgIpc) is 3.72. The van der Waals surface area contributed by atoms with Gasteiger partial charge in [-0.3, -0.25) is 4.68 Å². The van der Waals surface area contributed by atoms with Crippen LogP contribution < -0.4 is 4.90 Å². The highest BCUT2D eigenvalue weighted by Crippen LogP contribution is 2.37. The molecule has 0 bridgehead atoms. The summed E-state index contributed by atoms with van der Waals surface area (Å²) in [6.45, 7) is 1.15. The molecular formula is C26H21F5N8O2. The second-order valence-corrected chi connectivity index (χ2v) is 9.05. The van der Waals surface area contributed by atoms with Crippen LogP contribution in [0.1, 0.15) is 36.4 Å². The number of benzene rings is 1. The Morgan fingerprint density at radius 2 is 1.98 bits per heavy atom. The molecule has 5 rings (SSSR count). The van der Waals surface area contributed by atoms with Gasteiger partial charge in [-0.2, -0.15) is 28.8 Å². The summed E-state index contributed by atoms with van der Waals surface area (Å²) in [5.41, 5.74) is 2.57. The van der Waals surface area contributed by atoms with Gasteiger partial charge in [-0.1, -0.05) is 12.1 Å². The normalized spacial score (nSPS) is 15.7. The van der Waals surface area contributed by atoms with Crippen LogP contribution in [0.25, 0.3) is 22.3 Å². The third-order valence-corrected chi connectivity index (χ3v) is 6.64. The summed E-state index contributed by atoms with van der Waals surface area (Å²) in [5, 5.41) is 31.6. The minimum Gasteiger partial charge on any atom is -0.475 e. The number of aromatic nitrogens is 5. The molecule has 1 aromatic carbocycles. The maximum atomic E-state index is 13.4. The van der Waals surface area contributed by atoms with Crippen molar-refractivity contribution < 1.29 is 31.9 Å². The fourth-order valence-corrected chi connectivity index (χ4v) is 4.76. The molecule has 4 heterocycles. The summed E-state index contributed by atoms with van der Waals surface area (Å²) in [7, 11) is 0. The fourth-order valence-electron chi connectivity index (χ4n) is 4.76. The van der Waals surface area contributed by atoms with E-state index in [2.05, 4.69) is 26.1 Å². The zero-order valence-electron chi connectivity index (χ0n) is 21.1. The molecule has 1 saturated heterocycles. The van der Waals surface area contributed by atoms with Crippen LogP contribution in [0, 0.1) is 28.6 Å². The van der Waals surface area contributed by atoms with E-state index in [9.17, 15) is 32.5 Å². The monoisotopic (exact) mass is 572 g/mol. The van der Waals surface area contributed by atoms with E-state index in [4.69, 9.17) is 9.90 Å².